The Bertz CT molecular complexity index is 907. The van der Waals surface area contributed by atoms with Gasteiger partial charge in [0.05, 0.1) is 11.7 Å². The molecule has 1 heterocycles. The number of Topliss-reactive ketones (excluding diaryl/α,β-unsaturated/α-hetero) is 1. The molecule has 146 valence electrons. The number of allylic oxidation sites excluding steroid dienone is 1. The van der Waals surface area contributed by atoms with Crippen LogP contribution in [0.15, 0.2) is 48.2 Å². The van der Waals surface area contributed by atoms with E-state index in [9.17, 15) is 9.59 Å². The minimum Gasteiger partial charge on any atom is -0.482 e. The van der Waals surface area contributed by atoms with Crippen molar-refractivity contribution in [2.45, 2.75) is 39.7 Å². The zero-order chi connectivity index (χ0) is 20.3. The van der Waals surface area contributed by atoms with Crippen LogP contribution in [0.25, 0.3) is 6.08 Å². The fraction of sp³-hybridized carbons (Fsp3) is 0.304. The van der Waals surface area contributed by atoms with E-state index in [0.717, 1.165) is 5.56 Å². The molecule has 5 nitrogen and oxygen atoms in total. The average molecular weight is 380 g/mol. The van der Waals surface area contributed by atoms with Gasteiger partial charge in [-0.05, 0) is 49.1 Å². The number of rotatable bonds is 6. The van der Waals surface area contributed by atoms with Gasteiger partial charge in [0, 0.05) is 6.07 Å². The molecule has 0 atom stereocenters. The highest BCUT2D eigenvalue weighted by Gasteiger charge is 2.27. The van der Waals surface area contributed by atoms with Gasteiger partial charge in [-0.15, -0.1) is 0 Å². The molecule has 0 N–H and O–H groups in total. The quantitative estimate of drug-likeness (QED) is 0.534. The number of ether oxygens (including phenoxy) is 3. The zero-order valence-electron chi connectivity index (χ0n) is 16.5. The molecule has 5 heteroatoms. The summed E-state index contributed by atoms with van der Waals surface area (Å²) in [5.41, 5.74) is 2.61. The lowest BCUT2D eigenvalue weighted by molar-refractivity contribution is -0.149. The van der Waals surface area contributed by atoms with Crippen molar-refractivity contribution in [1.29, 1.82) is 0 Å². The molecule has 0 fully saturated rings. The van der Waals surface area contributed by atoms with Crippen molar-refractivity contribution in [2.24, 2.45) is 0 Å². The molecular formula is C23H24O5. The van der Waals surface area contributed by atoms with E-state index in [2.05, 4.69) is 13.8 Å². The second-order valence-corrected chi connectivity index (χ2v) is 7.25. The Labute approximate surface area is 164 Å². The molecule has 2 aromatic carbocycles. The van der Waals surface area contributed by atoms with Crippen molar-refractivity contribution in [2.75, 3.05) is 6.61 Å². The maximum atomic E-state index is 12.6. The predicted molar refractivity (Wildman–Crippen MR) is 107 cm³/mol. The number of carbonyl (C=O) groups excluding carboxylic acids is 2. The standard InChI is InChI=1S/C23H24O5/c1-14(2)17-7-5-16(6-8-17)11-21-23(25)19-10-9-18(12-20(19)28-21)26-13-22(24)27-15(3)4/h5-12,14-15H,13H2,1-4H3. The fourth-order valence-electron chi connectivity index (χ4n) is 2.82. The van der Waals surface area contributed by atoms with Gasteiger partial charge in [-0.25, -0.2) is 4.79 Å². The highest BCUT2D eigenvalue weighted by atomic mass is 16.6. The predicted octanol–water partition coefficient (Wildman–Crippen LogP) is 4.76. The highest BCUT2D eigenvalue weighted by Crippen LogP contribution is 2.35. The summed E-state index contributed by atoms with van der Waals surface area (Å²) in [6.07, 6.45) is 1.53. The first kappa shape index (κ1) is 19.7. The number of hydrogen-bond acceptors (Lipinski definition) is 5. The fourth-order valence-corrected chi connectivity index (χ4v) is 2.82. The second-order valence-electron chi connectivity index (χ2n) is 7.25. The summed E-state index contributed by atoms with van der Waals surface area (Å²) in [5.74, 6) is 0.960. The highest BCUT2D eigenvalue weighted by molar-refractivity contribution is 6.14. The Hall–Kier alpha value is -3.08. The number of hydrogen-bond donors (Lipinski definition) is 0. The number of benzene rings is 2. The molecule has 0 saturated carbocycles. The molecule has 3 rings (SSSR count). The topological polar surface area (TPSA) is 61.8 Å². The Morgan fingerprint density at radius 2 is 1.79 bits per heavy atom. The van der Waals surface area contributed by atoms with E-state index < -0.39 is 5.97 Å². The summed E-state index contributed by atoms with van der Waals surface area (Å²) in [4.78, 5) is 24.2. The molecule has 0 aliphatic carbocycles. The van der Waals surface area contributed by atoms with Crippen molar-refractivity contribution < 1.29 is 23.8 Å². The van der Waals surface area contributed by atoms with Crippen LogP contribution in [0.3, 0.4) is 0 Å². The lowest BCUT2D eigenvalue weighted by Gasteiger charge is -2.09. The minimum atomic E-state index is -0.446. The Morgan fingerprint density at radius 3 is 2.43 bits per heavy atom. The maximum Gasteiger partial charge on any atom is 0.344 e. The van der Waals surface area contributed by atoms with Gasteiger partial charge in [0.15, 0.2) is 12.4 Å². The van der Waals surface area contributed by atoms with Crippen LogP contribution in [-0.4, -0.2) is 24.5 Å². The van der Waals surface area contributed by atoms with E-state index in [1.165, 1.54) is 5.56 Å². The van der Waals surface area contributed by atoms with Crippen LogP contribution in [0.4, 0.5) is 0 Å². The van der Waals surface area contributed by atoms with Gasteiger partial charge < -0.3 is 14.2 Å². The third-order valence-corrected chi connectivity index (χ3v) is 4.27. The molecule has 1 aliphatic rings. The van der Waals surface area contributed by atoms with Crippen molar-refractivity contribution >= 4 is 17.8 Å². The van der Waals surface area contributed by atoms with Crippen LogP contribution >= 0.6 is 0 Å². The van der Waals surface area contributed by atoms with Crippen LogP contribution < -0.4 is 9.47 Å². The molecule has 1 aliphatic heterocycles. The summed E-state index contributed by atoms with van der Waals surface area (Å²) in [6, 6.07) is 12.9. The summed E-state index contributed by atoms with van der Waals surface area (Å²) in [5, 5.41) is 0. The Morgan fingerprint density at radius 1 is 1.07 bits per heavy atom. The number of esters is 1. The molecular weight excluding hydrogens is 356 g/mol. The van der Waals surface area contributed by atoms with Gasteiger partial charge >= 0.3 is 5.97 Å². The van der Waals surface area contributed by atoms with Crippen LogP contribution in [0.1, 0.15) is 55.1 Å². The molecule has 0 saturated heterocycles. The molecule has 0 amide bonds. The molecule has 0 bridgehead atoms. The minimum absolute atomic E-state index is 0.172. The average Bonchev–Trinajstić information content (AvgIpc) is 2.95. The van der Waals surface area contributed by atoms with Crippen LogP contribution in [0.2, 0.25) is 0 Å². The Balaban J connectivity index is 1.71. The van der Waals surface area contributed by atoms with E-state index >= 15 is 0 Å². The van der Waals surface area contributed by atoms with Crippen molar-refractivity contribution in [3.63, 3.8) is 0 Å². The molecule has 0 spiro atoms. The number of ketones is 1. The first-order valence-electron chi connectivity index (χ1n) is 9.34. The molecule has 28 heavy (non-hydrogen) atoms. The molecule has 2 aromatic rings. The molecule has 0 unspecified atom stereocenters. The third-order valence-electron chi connectivity index (χ3n) is 4.27. The van der Waals surface area contributed by atoms with Gasteiger partial charge in [0.25, 0.3) is 0 Å². The summed E-state index contributed by atoms with van der Waals surface area (Å²) < 4.78 is 16.2. The molecule has 0 radical (unpaired) electrons. The summed E-state index contributed by atoms with van der Waals surface area (Å²) in [6.45, 7) is 7.62. The zero-order valence-corrected chi connectivity index (χ0v) is 16.5. The van der Waals surface area contributed by atoms with Gasteiger partial charge in [0.2, 0.25) is 5.78 Å². The van der Waals surface area contributed by atoms with Crippen LogP contribution in [0, 0.1) is 0 Å². The summed E-state index contributed by atoms with van der Waals surface area (Å²) >= 11 is 0. The van der Waals surface area contributed by atoms with E-state index in [0.29, 0.717) is 23.0 Å². The van der Waals surface area contributed by atoms with Gasteiger partial charge in [-0.2, -0.15) is 0 Å². The van der Waals surface area contributed by atoms with Crippen LogP contribution in [-0.2, 0) is 9.53 Å². The first-order chi connectivity index (χ1) is 13.3. The first-order valence-corrected chi connectivity index (χ1v) is 9.34. The Kier molecular flexibility index (Phi) is 5.83. The lowest BCUT2D eigenvalue weighted by atomic mass is 10.0. The largest absolute Gasteiger partial charge is 0.482 e. The van der Waals surface area contributed by atoms with Gasteiger partial charge in [-0.1, -0.05) is 38.1 Å². The molecule has 0 aromatic heterocycles. The van der Waals surface area contributed by atoms with Gasteiger partial charge in [0.1, 0.15) is 11.5 Å². The van der Waals surface area contributed by atoms with E-state index in [-0.39, 0.29) is 24.3 Å². The number of carbonyl (C=O) groups is 2. The van der Waals surface area contributed by atoms with Crippen molar-refractivity contribution in [1.82, 2.24) is 0 Å². The monoisotopic (exact) mass is 380 g/mol. The van der Waals surface area contributed by atoms with Crippen LogP contribution in [0.5, 0.6) is 11.5 Å². The number of fused-ring (bicyclic) bond motifs is 1. The third kappa shape index (κ3) is 4.60. The van der Waals surface area contributed by atoms with Crippen molar-refractivity contribution in [3.05, 3.63) is 64.9 Å². The normalized spacial score (nSPS) is 14.4. The maximum absolute atomic E-state index is 12.6. The SMILES string of the molecule is CC(C)OC(=O)COc1ccc2c(c1)OC(=Cc1ccc(C(C)C)cc1)C2=O. The summed E-state index contributed by atoms with van der Waals surface area (Å²) in [7, 11) is 0. The van der Waals surface area contributed by atoms with E-state index in [1.807, 2.05) is 24.3 Å². The van der Waals surface area contributed by atoms with Gasteiger partial charge in [-0.3, -0.25) is 4.79 Å². The van der Waals surface area contributed by atoms with Crippen molar-refractivity contribution in [3.8, 4) is 11.5 Å². The lowest BCUT2D eigenvalue weighted by Crippen LogP contribution is -2.18. The van der Waals surface area contributed by atoms with E-state index in [4.69, 9.17) is 14.2 Å². The second kappa shape index (κ2) is 8.30. The smallest absolute Gasteiger partial charge is 0.344 e. The van der Waals surface area contributed by atoms with E-state index in [1.54, 1.807) is 38.1 Å².